The number of benzene rings is 2. The van der Waals surface area contributed by atoms with Gasteiger partial charge in [-0.2, -0.15) is 13.2 Å². The summed E-state index contributed by atoms with van der Waals surface area (Å²) in [4.78, 5) is 27.1. The number of carboxylic acids is 1. The average molecular weight is 595 g/mol. The van der Waals surface area contributed by atoms with Crippen molar-refractivity contribution in [3.05, 3.63) is 69.7 Å². The van der Waals surface area contributed by atoms with Gasteiger partial charge in [0.25, 0.3) is 0 Å². The van der Waals surface area contributed by atoms with E-state index in [1.165, 1.54) is 11.8 Å². The van der Waals surface area contributed by atoms with Crippen LogP contribution in [0.25, 0.3) is 0 Å². The maximum atomic E-state index is 14.0. The molecule has 208 valence electrons. The SMILES string of the molecule is CC[C@@H](CNS(=O)(=O)C(F)(F)F)N1C(=O)[C@](C)(CC(=O)O)C[C@H](c2cccc(Cl)c2)[C@H]1c1ccc(Cl)cc1. The summed E-state index contributed by atoms with van der Waals surface area (Å²) in [6, 6.07) is 11.6. The van der Waals surface area contributed by atoms with Gasteiger partial charge in [-0.25, -0.2) is 13.1 Å². The van der Waals surface area contributed by atoms with E-state index in [0.717, 1.165) is 0 Å². The fraction of sp³-hybridized carbons (Fsp3) is 0.440. The second-order valence-corrected chi connectivity index (χ2v) is 12.2. The monoisotopic (exact) mass is 594 g/mol. The number of nitrogens with one attached hydrogen (secondary N) is 1. The first-order valence-electron chi connectivity index (χ1n) is 11.7. The van der Waals surface area contributed by atoms with Crippen LogP contribution < -0.4 is 4.72 Å². The van der Waals surface area contributed by atoms with Gasteiger partial charge in [0.15, 0.2) is 0 Å². The molecule has 0 aromatic heterocycles. The molecule has 2 aromatic carbocycles. The molecule has 3 rings (SSSR count). The van der Waals surface area contributed by atoms with Gasteiger partial charge in [0.1, 0.15) is 0 Å². The molecule has 0 aliphatic carbocycles. The van der Waals surface area contributed by atoms with E-state index in [0.29, 0.717) is 21.2 Å². The van der Waals surface area contributed by atoms with Gasteiger partial charge in [0.05, 0.1) is 17.9 Å². The molecule has 1 aliphatic rings. The van der Waals surface area contributed by atoms with E-state index in [-0.39, 0.29) is 12.8 Å². The molecule has 7 nitrogen and oxygen atoms in total. The molecule has 1 heterocycles. The van der Waals surface area contributed by atoms with E-state index in [4.69, 9.17) is 23.2 Å². The number of alkyl halides is 3. The fourth-order valence-electron chi connectivity index (χ4n) is 5.01. The van der Waals surface area contributed by atoms with E-state index in [2.05, 4.69) is 0 Å². The summed E-state index contributed by atoms with van der Waals surface area (Å²) in [5.41, 5.74) is -5.68. The van der Waals surface area contributed by atoms with Crippen LogP contribution in [0.2, 0.25) is 10.0 Å². The van der Waals surface area contributed by atoms with Crippen molar-refractivity contribution >= 4 is 45.1 Å². The van der Waals surface area contributed by atoms with Gasteiger partial charge in [-0.05, 0) is 48.2 Å². The van der Waals surface area contributed by atoms with E-state index < -0.39 is 63.8 Å². The topological polar surface area (TPSA) is 104 Å². The highest BCUT2D eigenvalue weighted by molar-refractivity contribution is 7.90. The summed E-state index contributed by atoms with van der Waals surface area (Å²) < 4.78 is 64.3. The van der Waals surface area contributed by atoms with Crippen molar-refractivity contribution < 1.29 is 36.3 Å². The quantitative estimate of drug-likeness (QED) is 0.385. The molecule has 1 aliphatic heterocycles. The van der Waals surface area contributed by atoms with Crippen molar-refractivity contribution in [1.29, 1.82) is 0 Å². The second kappa shape index (κ2) is 11.4. The van der Waals surface area contributed by atoms with Crippen LogP contribution in [0.1, 0.15) is 56.2 Å². The number of amides is 1. The van der Waals surface area contributed by atoms with Gasteiger partial charge in [-0.1, -0.05) is 61.3 Å². The van der Waals surface area contributed by atoms with Crippen LogP contribution in [0.3, 0.4) is 0 Å². The van der Waals surface area contributed by atoms with Crippen LogP contribution in [0.15, 0.2) is 48.5 Å². The number of hydrogen-bond acceptors (Lipinski definition) is 4. The Morgan fingerprint density at radius 1 is 1.16 bits per heavy atom. The number of carboxylic acid groups (broad SMARTS) is 1. The molecular weight excluding hydrogens is 568 g/mol. The molecule has 13 heteroatoms. The number of rotatable bonds is 9. The summed E-state index contributed by atoms with van der Waals surface area (Å²) in [5.74, 6) is -2.34. The lowest BCUT2D eigenvalue weighted by Crippen LogP contribution is -2.58. The summed E-state index contributed by atoms with van der Waals surface area (Å²) >= 11 is 12.3. The largest absolute Gasteiger partial charge is 0.511 e. The normalized spacial score (nSPS) is 23.3. The predicted molar refractivity (Wildman–Crippen MR) is 137 cm³/mol. The number of hydrogen-bond donors (Lipinski definition) is 2. The lowest BCUT2D eigenvalue weighted by atomic mass is 9.67. The third kappa shape index (κ3) is 6.44. The highest BCUT2D eigenvalue weighted by Crippen LogP contribution is 2.52. The van der Waals surface area contributed by atoms with E-state index in [1.54, 1.807) is 60.2 Å². The van der Waals surface area contributed by atoms with Crippen LogP contribution in [-0.2, 0) is 19.6 Å². The number of piperidine rings is 1. The predicted octanol–water partition coefficient (Wildman–Crippen LogP) is 5.75. The number of aliphatic carboxylic acids is 1. The zero-order chi connectivity index (χ0) is 28.5. The molecule has 0 spiro atoms. The van der Waals surface area contributed by atoms with E-state index in [9.17, 15) is 36.3 Å². The molecule has 1 amide bonds. The average Bonchev–Trinajstić information content (AvgIpc) is 2.81. The van der Waals surface area contributed by atoms with Gasteiger partial charge in [-0.3, -0.25) is 9.59 Å². The smallest absolute Gasteiger partial charge is 0.481 e. The number of nitrogens with zero attached hydrogens (tertiary/aromatic N) is 1. The van der Waals surface area contributed by atoms with Gasteiger partial charge in [0.2, 0.25) is 5.91 Å². The Kier molecular flexibility index (Phi) is 9.07. The fourth-order valence-corrected chi connectivity index (χ4v) is 5.91. The Labute approximate surface area is 229 Å². The van der Waals surface area contributed by atoms with Crippen LogP contribution >= 0.6 is 23.2 Å². The van der Waals surface area contributed by atoms with Gasteiger partial charge < -0.3 is 10.0 Å². The molecule has 1 saturated heterocycles. The number of carbonyl (C=O) groups excluding carboxylic acids is 1. The number of halogens is 5. The van der Waals surface area contributed by atoms with Crippen molar-refractivity contribution in [3.63, 3.8) is 0 Å². The van der Waals surface area contributed by atoms with Crippen molar-refractivity contribution in [2.75, 3.05) is 6.54 Å². The highest BCUT2D eigenvalue weighted by Gasteiger charge is 2.53. The van der Waals surface area contributed by atoms with Crippen molar-refractivity contribution in [3.8, 4) is 0 Å². The molecule has 38 heavy (non-hydrogen) atoms. The number of sulfonamides is 1. The van der Waals surface area contributed by atoms with Gasteiger partial charge in [0, 0.05) is 28.5 Å². The maximum absolute atomic E-state index is 14.0. The minimum absolute atomic E-state index is 0.0849. The minimum atomic E-state index is -5.68. The summed E-state index contributed by atoms with van der Waals surface area (Å²) in [5, 5.41) is 10.4. The number of likely N-dealkylation sites (tertiary alicyclic amines) is 1. The van der Waals surface area contributed by atoms with Crippen LogP contribution in [0.5, 0.6) is 0 Å². The first kappa shape index (κ1) is 30.2. The van der Waals surface area contributed by atoms with Crippen LogP contribution in [-0.4, -0.2) is 48.4 Å². The Morgan fingerprint density at radius 2 is 1.79 bits per heavy atom. The zero-order valence-electron chi connectivity index (χ0n) is 20.5. The second-order valence-electron chi connectivity index (χ2n) is 9.57. The van der Waals surface area contributed by atoms with Crippen molar-refractivity contribution in [1.82, 2.24) is 9.62 Å². The summed E-state index contributed by atoms with van der Waals surface area (Å²) in [7, 11) is -5.68. The molecule has 0 saturated carbocycles. The van der Waals surface area contributed by atoms with Gasteiger partial charge in [-0.15, -0.1) is 0 Å². The summed E-state index contributed by atoms with van der Waals surface area (Å²) in [6.07, 6.45) is -0.341. The van der Waals surface area contributed by atoms with E-state index in [1.807, 2.05) is 0 Å². The first-order valence-corrected chi connectivity index (χ1v) is 13.9. The Hall–Kier alpha value is -2.34. The first-order chi connectivity index (χ1) is 17.6. The third-order valence-electron chi connectivity index (χ3n) is 6.81. The van der Waals surface area contributed by atoms with Crippen molar-refractivity contribution in [2.24, 2.45) is 5.41 Å². The Bertz CT molecular complexity index is 1290. The Morgan fingerprint density at radius 3 is 2.32 bits per heavy atom. The molecule has 0 unspecified atom stereocenters. The molecule has 2 N–H and O–H groups in total. The lowest BCUT2D eigenvalue weighted by Gasteiger charge is -2.52. The van der Waals surface area contributed by atoms with Crippen LogP contribution in [0, 0.1) is 5.41 Å². The Balaban J connectivity index is 2.20. The number of carbonyl (C=O) groups is 2. The zero-order valence-corrected chi connectivity index (χ0v) is 22.8. The van der Waals surface area contributed by atoms with Crippen molar-refractivity contribution in [2.45, 2.75) is 56.6 Å². The summed E-state index contributed by atoms with van der Waals surface area (Å²) in [6.45, 7) is 2.38. The molecule has 0 radical (unpaired) electrons. The lowest BCUT2D eigenvalue weighted by molar-refractivity contribution is -0.160. The molecule has 1 fully saturated rings. The minimum Gasteiger partial charge on any atom is -0.481 e. The van der Waals surface area contributed by atoms with Crippen LogP contribution in [0.4, 0.5) is 13.2 Å². The highest BCUT2D eigenvalue weighted by atomic mass is 35.5. The van der Waals surface area contributed by atoms with Gasteiger partial charge >= 0.3 is 21.5 Å². The standard InChI is InChI=1S/C25H27Cl2F3N2O5S/c1-3-19(14-31-38(36,37)25(28,29)30)32-22(15-7-9-17(26)10-8-15)20(16-5-4-6-18(27)11-16)12-24(2,23(32)35)13-21(33)34/h4-11,19-20,22,31H,3,12-14H2,1-2H3,(H,33,34)/t19-,20+,22+,24-/m0/s1. The molecular formula is C25H27Cl2F3N2O5S. The molecule has 2 aromatic rings. The van der Waals surface area contributed by atoms with E-state index >= 15 is 0 Å². The molecule has 4 atom stereocenters. The third-order valence-corrected chi connectivity index (χ3v) is 8.45. The maximum Gasteiger partial charge on any atom is 0.511 e. The molecule has 0 bridgehead atoms.